The van der Waals surface area contributed by atoms with E-state index in [1.807, 2.05) is 6.92 Å². The Morgan fingerprint density at radius 2 is 1.44 bits per heavy atom. The molecule has 7 nitrogen and oxygen atoms in total. The lowest BCUT2D eigenvalue weighted by Crippen LogP contribution is -2.50. The number of sulfonamides is 1. The molecule has 0 saturated carbocycles. The number of carboxylic acids is 1. The topological polar surface area (TPSA) is 97.8 Å². The van der Waals surface area contributed by atoms with Crippen molar-refractivity contribution in [3.63, 3.8) is 0 Å². The third-order valence-corrected chi connectivity index (χ3v) is 6.47. The molecule has 0 aromatic heterocycles. The first-order chi connectivity index (χ1) is 12.8. The molecule has 0 bridgehead atoms. The lowest BCUT2D eigenvalue weighted by Gasteiger charge is -2.34. The lowest BCUT2D eigenvalue weighted by atomic mass is 10.1. The van der Waals surface area contributed by atoms with Crippen LogP contribution in [0.25, 0.3) is 0 Å². The van der Waals surface area contributed by atoms with Crippen molar-refractivity contribution in [2.45, 2.75) is 11.8 Å². The maximum atomic E-state index is 12.7. The van der Waals surface area contributed by atoms with Crippen molar-refractivity contribution >= 4 is 21.9 Å². The Balaban J connectivity index is 1.73. The van der Waals surface area contributed by atoms with Crippen LogP contribution in [-0.4, -0.2) is 55.7 Å². The van der Waals surface area contributed by atoms with Crippen LogP contribution in [0.15, 0.2) is 53.4 Å². The van der Waals surface area contributed by atoms with Gasteiger partial charge in [0, 0.05) is 37.3 Å². The van der Waals surface area contributed by atoms with E-state index in [0.29, 0.717) is 0 Å². The highest BCUT2D eigenvalue weighted by molar-refractivity contribution is 7.89. The smallest absolute Gasteiger partial charge is 0.254 e. The summed E-state index contributed by atoms with van der Waals surface area (Å²) < 4.78 is 26.8. The molecule has 1 amide bonds. The maximum absolute atomic E-state index is 12.7. The average molecular weight is 387 g/mol. The first-order valence-corrected chi connectivity index (χ1v) is 9.91. The van der Waals surface area contributed by atoms with Gasteiger partial charge in [-0.15, -0.1) is 0 Å². The molecular formula is C19H19N2O5S-. The average Bonchev–Trinajstić information content (AvgIpc) is 2.68. The zero-order valence-electron chi connectivity index (χ0n) is 14.8. The van der Waals surface area contributed by atoms with Crippen molar-refractivity contribution in [1.82, 2.24) is 9.21 Å². The zero-order valence-corrected chi connectivity index (χ0v) is 15.6. The predicted octanol–water partition coefficient (Wildman–Crippen LogP) is 0.505. The van der Waals surface area contributed by atoms with Gasteiger partial charge in [0.05, 0.1) is 10.9 Å². The molecule has 1 aliphatic heterocycles. The van der Waals surface area contributed by atoms with Crippen molar-refractivity contribution in [2.75, 3.05) is 26.2 Å². The van der Waals surface area contributed by atoms with Gasteiger partial charge in [0.25, 0.3) is 5.91 Å². The molecule has 0 aliphatic carbocycles. The molecule has 8 heteroatoms. The number of hydrogen-bond acceptors (Lipinski definition) is 5. The lowest BCUT2D eigenvalue weighted by molar-refractivity contribution is -0.255. The van der Waals surface area contributed by atoms with E-state index < -0.39 is 21.9 Å². The highest BCUT2D eigenvalue weighted by Crippen LogP contribution is 2.19. The Labute approximate surface area is 157 Å². The van der Waals surface area contributed by atoms with Gasteiger partial charge in [-0.3, -0.25) is 4.79 Å². The second kappa shape index (κ2) is 7.50. The summed E-state index contributed by atoms with van der Waals surface area (Å²) in [6, 6.07) is 12.5. The fourth-order valence-electron chi connectivity index (χ4n) is 3.01. The summed E-state index contributed by atoms with van der Waals surface area (Å²) in [4.78, 5) is 25.5. The van der Waals surface area contributed by atoms with Crippen LogP contribution in [0.3, 0.4) is 0 Å². The quantitative estimate of drug-likeness (QED) is 0.761. The van der Waals surface area contributed by atoms with Crippen molar-refractivity contribution in [2.24, 2.45) is 0 Å². The minimum Gasteiger partial charge on any atom is -0.545 e. The molecule has 0 spiro atoms. The normalized spacial score (nSPS) is 15.5. The van der Waals surface area contributed by atoms with E-state index in [4.69, 9.17) is 0 Å². The number of rotatable bonds is 4. The van der Waals surface area contributed by atoms with Gasteiger partial charge in [-0.2, -0.15) is 4.31 Å². The molecule has 0 unspecified atom stereocenters. The zero-order chi connectivity index (χ0) is 19.6. The number of amides is 1. The van der Waals surface area contributed by atoms with Gasteiger partial charge in [-0.25, -0.2) is 8.42 Å². The number of aryl methyl sites for hydroxylation is 1. The van der Waals surface area contributed by atoms with E-state index in [0.717, 1.165) is 5.56 Å². The fourth-order valence-corrected chi connectivity index (χ4v) is 4.43. The number of piperazine rings is 1. The van der Waals surface area contributed by atoms with Gasteiger partial charge in [-0.1, -0.05) is 35.9 Å². The number of benzene rings is 2. The molecular weight excluding hydrogens is 368 g/mol. The van der Waals surface area contributed by atoms with Gasteiger partial charge in [-0.05, 0) is 25.1 Å². The summed E-state index contributed by atoms with van der Waals surface area (Å²) in [5.74, 6) is -1.86. The SMILES string of the molecule is Cc1ccc(S(=O)(=O)N2CCN(C(=O)c3ccccc3C(=O)[O-])CC2)cc1. The van der Waals surface area contributed by atoms with E-state index in [2.05, 4.69) is 0 Å². The van der Waals surface area contributed by atoms with Crippen molar-refractivity contribution < 1.29 is 23.1 Å². The highest BCUT2D eigenvalue weighted by Gasteiger charge is 2.30. The molecule has 1 heterocycles. The van der Waals surface area contributed by atoms with Crippen LogP contribution in [0.2, 0.25) is 0 Å². The van der Waals surface area contributed by atoms with Gasteiger partial charge >= 0.3 is 0 Å². The Kier molecular flexibility index (Phi) is 5.29. The molecule has 1 fully saturated rings. The van der Waals surface area contributed by atoms with Crippen LogP contribution in [0.5, 0.6) is 0 Å². The van der Waals surface area contributed by atoms with Crippen LogP contribution in [0.1, 0.15) is 26.3 Å². The summed E-state index contributed by atoms with van der Waals surface area (Å²) in [6.45, 7) is 2.55. The first kappa shape index (κ1) is 19.1. The van der Waals surface area contributed by atoms with E-state index >= 15 is 0 Å². The number of carboxylic acid groups (broad SMARTS) is 1. The minimum atomic E-state index is -3.62. The first-order valence-electron chi connectivity index (χ1n) is 8.47. The second-order valence-corrected chi connectivity index (χ2v) is 8.28. The van der Waals surface area contributed by atoms with Crippen LogP contribution in [0, 0.1) is 6.92 Å². The number of carbonyl (C=O) groups excluding carboxylic acids is 2. The van der Waals surface area contributed by atoms with E-state index in [1.54, 1.807) is 30.3 Å². The second-order valence-electron chi connectivity index (χ2n) is 6.34. The Morgan fingerprint density at radius 3 is 2.00 bits per heavy atom. The summed E-state index contributed by atoms with van der Waals surface area (Å²) in [5.41, 5.74) is 0.848. The van der Waals surface area contributed by atoms with Crippen LogP contribution in [-0.2, 0) is 10.0 Å². The van der Waals surface area contributed by atoms with Gasteiger partial charge < -0.3 is 14.8 Å². The Bertz CT molecular complexity index is 962. The highest BCUT2D eigenvalue weighted by atomic mass is 32.2. The number of hydrogen-bond donors (Lipinski definition) is 0. The van der Waals surface area contributed by atoms with Crippen molar-refractivity contribution in [3.8, 4) is 0 Å². The van der Waals surface area contributed by atoms with Crippen molar-refractivity contribution in [3.05, 3.63) is 65.2 Å². The Morgan fingerprint density at radius 1 is 0.889 bits per heavy atom. The monoisotopic (exact) mass is 387 g/mol. The van der Waals surface area contributed by atoms with Crippen LogP contribution < -0.4 is 5.11 Å². The van der Waals surface area contributed by atoms with Crippen LogP contribution in [0.4, 0.5) is 0 Å². The molecule has 1 saturated heterocycles. The van der Waals surface area contributed by atoms with Crippen molar-refractivity contribution in [1.29, 1.82) is 0 Å². The molecule has 0 radical (unpaired) electrons. The van der Waals surface area contributed by atoms with Gasteiger partial charge in [0.15, 0.2) is 0 Å². The van der Waals surface area contributed by atoms with Crippen LogP contribution >= 0.6 is 0 Å². The van der Waals surface area contributed by atoms with E-state index in [-0.39, 0.29) is 42.2 Å². The molecule has 1 aliphatic rings. The predicted molar refractivity (Wildman–Crippen MR) is 96.6 cm³/mol. The standard InChI is InChI=1S/C19H20N2O5S/c1-14-6-8-15(9-7-14)27(25,26)21-12-10-20(11-13-21)18(22)16-4-2-3-5-17(16)19(23)24/h2-9H,10-13H2,1H3,(H,23,24)/p-1. The summed E-state index contributed by atoms with van der Waals surface area (Å²) in [6.07, 6.45) is 0. The summed E-state index contributed by atoms with van der Waals surface area (Å²) in [5, 5.41) is 11.2. The molecule has 3 rings (SSSR count). The molecule has 0 atom stereocenters. The summed E-state index contributed by atoms with van der Waals surface area (Å²) >= 11 is 0. The fraction of sp³-hybridized carbons (Fsp3) is 0.263. The molecule has 2 aromatic carbocycles. The summed E-state index contributed by atoms with van der Waals surface area (Å²) in [7, 11) is -3.62. The molecule has 27 heavy (non-hydrogen) atoms. The molecule has 0 N–H and O–H groups in total. The van der Waals surface area contributed by atoms with E-state index in [9.17, 15) is 23.1 Å². The number of aromatic carboxylic acids is 1. The third-order valence-electron chi connectivity index (χ3n) is 4.56. The van der Waals surface area contributed by atoms with Gasteiger partial charge in [0.1, 0.15) is 0 Å². The molecule has 142 valence electrons. The Hall–Kier alpha value is -2.71. The number of carbonyl (C=O) groups is 2. The van der Waals surface area contributed by atoms with E-state index in [1.165, 1.54) is 27.4 Å². The molecule has 2 aromatic rings. The van der Waals surface area contributed by atoms with Gasteiger partial charge in [0.2, 0.25) is 10.0 Å². The minimum absolute atomic E-state index is 0.0485. The maximum Gasteiger partial charge on any atom is 0.254 e. The third kappa shape index (κ3) is 3.86. The largest absolute Gasteiger partial charge is 0.545 e. The number of nitrogens with zero attached hydrogens (tertiary/aromatic N) is 2.